The summed E-state index contributed by atoms with van der Waals surface area (Å²) in [5, 5.41) is 0. The number of ether oxygens (including phenoxy) is 2. The fourth-order valence-corrected chi connectivity index (χ4v) is 2.10. The molecule has 0 N–H and O–H groups in total. The van der Waals surface area contributed by atoms with E-state index in [2.05, 4.69) is 0 Å². The van der Waals surface area contributed by atoms with Gasteiger partial charge in [0.1, 0.15) is 6.61 Å². The van der Waals surface area contributed by atoms with Crippen LogP contribution < -0.4 is 0 Å². The molecule has 1 aliphatic rings. The van der Waals surface area contributed by atoms with Crippen molar-refractivity contribution in [3.8, 4) is 0 Å². The Morgan fingerprint density at radius 2 is 1.84 bits per heavy atom. The lowest BCUT2D eigenvalue weighted by Gasteiger charge is -2.11. The summed E-state index contributed by atoms with van der Waals surface area (Å²) >= 11 is 0. The first-order valence-corrected chi connectivity index (χ1v) is 6.50. The lowest BCUT2D eigenvalue weighted by Crippen LogP contribution is -2.19. The number of carbonyl (C=O) groups is 2. The number of hydrogen-bond donors (Lipinski definition) is 0. The predicted molar refractivity (Wildman–Crippen MR) is 70.3 cm³/mol. The maximum atomic E-state index is 11.8. The van der Waals surface area contributed by atoms with Gasteiger partial charge in [0.05, 0.1) is 17.8 Å². The largest absolute Gasteiger partial charge is 0.459 e. The quantitative estimate of drug-likeness (QED) is 0.618. The second-order valence-corrected chi connectivity index (χ2v) is 4.88. The lowest BCUT2D eigenvalue weighted by molar-refractivity contribution is -0.00266. The van der Waals surface area contributed by atoms with Crippen molar-refractivity contribution < 1.29 is 19.1 Å². The number of benzene rings is 1. The second kappa shape index (κ2) is 5.97. The van der Waals surface area contributed by atoms with Gasteiger partial charge in [0.15, 0.2) is 5.78 Å². The van der Waals surface area contributed by atoms with Crippen molar-refractivity contribution in [2.75, 3.05) is 6.61 Å². The molecule has 0 spiro atoms. The first kappa shape index (κ1) is 13.7. The van der Waals surface area contributed by atoms with Crippen molar-refractivity contribution in [2.45, 2.75) is 38.9 Å². The zero-order chi connectivity index (χ0) is 13.8. The maximum absolute atomic E-state index is 11.8. The number of carbonyl (C=O) groups excluding carboxylic acids is 2. The van der Waals surface area contributed by atoms with E-state index in [-0.39, 0.29) is 30.6 Å². The molecular formula is C15H18O4. The Hall–Kier alpha value is -1.68. The molecule has 1 aliphatic heterocycles. The number of hydrogen-bond acceptors (Lipinski definition) is 4. The molecule has 0 aliphatic carbocycles. The van der Waals surface area contributed by atoms with E-state index < -0.39 is 0 Å². The van der Waals surface area contributed by atoms with E-state index in [4.69, 9.17) is 9.47 Å². The summed E-state index contributed by atoms with van der Waals surface area (Å²) in [7, 11) is 0. The van der Waals surface area contributed by atoms with Gasteiger partial charge in [-0.3, -0.25) is 4.79 Å². The van der Waals surface area contributed by atoms with Crippen LogP contribution in [0, 0.1) is 0 Å². The molecule has 0 unspecified atom stereocenters. The third-order valence-corrected chi connectivity index (χ3v) is 3.25. The molecule has 1 aromatic carbocycles. The molecule has 4 nitrogen and oxygen atoms in total. The summed E-state index contributed by atoms with van der Waals surface area (Å²) in [6.45, 7) is 3.80. The highest BCUT2D eigenvalue weighted by Crippen LogP contribution is 2.19. The zero-order valence-electron chi connectivity index (χ0n) is 11.2. The number of Topliss-reactive ketones (excluding diaryl/α,β-unsaturated/α-hetero) is 1. The fraction of sp³-hybridized carbons (Fsp3) is 0.467. The normalized spacial score (nSPS) is 22.2. The number of ketones is 1. The van der Waals surface area contributed by atoms with Crippen LogP contribution in [-0.4, -0.2) is 30.6 Å². The standard InChI is InChI=1S/C15H18O4/c1-10-3-8-14(19-10)9-18-15(17)13-6-4-12(5-7-13)11(2)16/h4-7,10,14H,3,8-9H2,1-2H3/t10-,14-/m0/s1. The van der Waals surface area contributed by atoms with Crippen molar-refractivity contribution in [3.63, 3.8) is 0 Å². The Labute approximate surface area is 112 Å². The number of esters is 1. The highest BCUT2D eigenvalue weighted by atomic mass is 16.6. The Kier molecular flexibility index (Phi) is 4.32. The third-order valence-electron chi connectivity index (χ3n) is 3.25. The van der Waals surface area contributed by atoms with E-state index >= 15 is 0 Å². The first-order chi connectivity index (χ1) is 9.06. The maximum Gasteiger partial charge on any atom is 0.338 e. The van der Waals surface area contributed by atoms with Gasteiger partial charge in [0.2, 0.25) is 0 Å². The van der Waals surface area contributed by atoms with Crippen LogP contribution in [-0.2, 0) is 9.47 Å². The van der Waals surface area contributed by atoms with Crippen LogP contribution in [0.3, 0.4) is 0 Å². The minimum Gasteiger partial charge on any atom is -0.459 e. The van der Waals surface area contributed by atoms with Gasteiger partial charge in [-0.1, -0.05) is 12.1 Å². The van der Waals surface area contributed by atoms with Gasteiger partial charge < -0.3 is 9.47 Å². The van der Waals surface area contributed by atoms with Crippen LogP contribution in [0.15, 0.2) is 24.3 Å². The van der Waals surface area contributed by atoms with Crippen molar-refractivity contribution in [2.24, 2.45) is 0 Å². The SMILES string of the molecule is CC(=O)c1ccc(C(=O)OC[C@@H]2CC[C@H](C)O2)cc1. The van der Waals surface area contributed by atoms with E-state index in [0.29, 0.717) is 11.1 Å². The molecule has 2 rings (SSSR count). The molecule has 19 heavy (non-hydrogen) atoms. The van der Waals surface area contributed by atoms with E-state index in [1.54, 1.807) is 24.3 Å². The Morgan fingerprint density at radius 1 is 1.21 bits per heavy atom. The highest BCUT2D eigenvalue weighted by molar-refractivity contribution is 5.96. The van der Waals surface area contributed by atoms with E-state index in [1.165, 1.54) is 6.92 Å². The Bertz CT molecular complexity index is 464. The van der Waals surface area contributed by atoms with Gasteiger partial charge in [-0.25, -0.2) is 4.79 Å². The monoisotopic (exact) mass is 262 g/mol. The minimum absolute atomic E-state index is 0.00967. The van der Waals surface area contributed by atoms with Crippen LogP contribution in [0.4, 0.5) is 0 Å². The summed E-state index contributed by atoms with van der Waals surface area (Å²) in [4.78, 5) is 22.9. The Balaban J connectivity index is 1.87. The summed E-state index contributed by atoms with van der Waals surface area (Å²) in [6.07, 6.45) is 2.20. The summed E-state index contributed by atoms with van der Waals surface area (Å²) in [6, 6.07) is 6.48. The molecule has 0 aromatic heterocycles. The summed E-state index contributed by atoms with van der Waals surface area (Å²) < 4.78 is 10.8. The van der Waals surface area contributed by atoms with Gasteiger partial charge in [0, 0.05) is 5.56 Å². The average molecular weight is 262 g/mol. The van der Waals surface area contributed by atoms with Crippen LogP contribution in [0.25, 0.3) is 0 Å². The van der Waals surface area contributed by atoms with Crippen LogP contribution in [0.1, 0.15) is 47.4 Å². The zero-order valence-corrected chi connectivity index (χ0v) is 11.2. The first-order valence-electron chi connectivity index (χ1n) is 6.50. The van der Waals surface area contributed by atoms with Crippen LogP contribution in [0.2, 0.25) is 0 Å². The fourth-order valence-electron chi connectivity index (χ4n) is 2.10. The van der Waals surface area contributed by atoms with Crippen molar-refractivity contribution in [1.29, 1.82) is 0 Å². The molecule has 1 saturated heterocycles. The molecule has 2 atom stereocenters. The van der Waals surface area contributed by atoms with E-state index in [0.717, 1.165) is 12.8 Å². The van der Waals surface area contributed by atoms with Crippen molar-refractivity contribution in [3.05, 3.63) is 35.4 Å². The number of rotatable bonds is 4. The second-order valence-electron chi connectivity index (χ2n) is 4.88. The molecule has 102 valence electrons. The van der Waals surface area contributed by atoms with Gasteiger partial charge in [0.25, 0.3) is 0 Å². The molecule has 0 radical (unpaired) electrons. The van der Waals surface area contributed by atoms with Gasteiger partial charge in [-0.2, -0.15) is 0 Å². The van der Waals surface area contributed by atoms with Crippen LogP contribution in [0.5, 0.6) is 0 Å². The summed E-state index contributed by atoms with van der Waals surface area (Å²) in [5.41, 5.74) is 1.04. The predicted octanol–water partition coefficient (Wildman–Crippen LogP) is 2.61. The highest BCUT2D eigenvalue weighted by Gasteiger charge is 2.23. The van der Waals surface area contributed by atoms with Crippen molar-refractivity contribution in [1.82, 2.24) is 0 Å². The van der Waals surface area contributed by atoms with E-state index in [9.17, 15) is 9.59 Å². The topological polar surface area (TPSA) is 52.6 Å². The Morgan fingerprint density at radius 3 is 2.37 bits per heavy atom. The molecule has 1 heterocycles. The van der Waals surface area contributed by atoms with E-state index in [1.807, 2.05) is 6.92 Å². The van der Waals surface area contributed by atoms with Crippen LogP contribution >= 0.6 is 0 Å². The average Bonchev–Trinajstić information content (AvgIpc) is 2.82. The van der Waals surface area contributed by atoms with Gasteiger partial charge in [-0.15, -0.1) is 0 Å². The molecule has 1 aromatic rings. The molecular weight excluding hydrogens is 244 g/mol. The summed E-state index contributed by atoms with van der Waals surface area (Å²) in [5.74, 6) is -0.397. The van der Waals surface area contributed by atoms with Gasteiger partial charge in [-0.05, 0) is 38.8 Å². The molecule has 0 bridgehead atoms. The molecule has 0 saturated carbocycles. The lowest BCUT2D eigenvalue weighted by atomic mass is 10.1. The van der Waals surface area contributed by atoms with Crippen molar-refractivity contribution >= 4 is 11.8 Å². The molecule has 4 heteroatoms. The molecule has 1 fully saturated rings. The minimum atomic E-state index is -0.377. The molecule has 0 amide bonds. The van der Waals surface area contributed by atoms with Gasteiger partial charge >= 0.3 is 5.97 Å². The third kappa shape index (κ3) is 3.64. The smallest absolute Gasteiger partial charge is 0.338 e.